The molecule has 17 nitrogen and oxygen atoms in total. The van der Waals surface area contributed by atoms with Crippen LogP contribution in [0.5, 0.6) is 0 Å². The second-order valence-corrected chi connectivity index (χ2v) is 10.6. The molecule has 4 saturated heterocycles. The van der Waals surface area contributed by atoms with Crippen LogP contribution in [0.25, 0.3) is 0 Å². The lowest BCUT2D eigenvalue weighted by Gasteiger charge is -2.48. The first-order valence-electron chi connectivity index (χ1n) is 13.1. The van der Waals surface area contributed by atoms with Crippen LogP contribution < -0.4 is 0 Å². The maximum Gasteiger partial charge on any atom is 0.187 e. The summed E-state index contributed by atoms with van der Waals surface area (Å²) in [5, 5.41) is 103. The Morgan fingerprint density at radius 2 is 0.850 bits per heavy atom. The zero-order chi connectivity index (χ0) is 29.6. The van der Waals surface area contributed by atoms with Crippen LogP contribution in [0.4, 0.5) is 0 Å². The summed E-state index contributed by atoms with van der Waals surface area (Å²) in [4.78, 5) is 0. The minimum atomic E-state index is -1.78. The molecule has 17 heteroatoms. The van der Waals surface area contributed by atoms with Crippen LogP contribution in [0.3, 0.4) is 0 Å². The van der Waals surface area contributed by atoms with Crippen molar-refractivity contribution in [1.29, 1.82) is 0 Å². The van der Waals surface area contributed by atoms with Crippen molar-refractivity contribution in [3.8, 4) is 0 Å². The zero-order valence-corrected chi connectivity index (χ0v) is 22.0. The summed E-state index contributed by atoms with van der Waals surface area (Å²) in [5.41, 5.74) is 0. The Kier molecular flexibility index (Phi) is 10.4. The van der Waals surface area contributed by atoms with Gasteiger partial charge >= 0.3 is 0 Å². The summed E-state index contributed by atoms with van der Waals surface area (Å²) < 4.78 is 38.2. The first kappa shape index (κ1) is 32.2. The molecular weight excluding hydrogens is 548 g/mol. The maximum absolute atomic E-state index is 10.8. The number of rotatable bonds is 6. The van der Waals surface area contributed by atoms with Crippen molar-refractivity contribution in [3.63, 3.8) is 0 Å². The lowest BCUT2D eigenvalue weighted by Crippen LogP contribution is -2.65. The molecule has 4 aliphatic rings. The van der Waals surface area contributed by atoms with Crippen molar-refractivity contribution >= 4 is 0 Å². The van der Waals surface area contributed by atoms with Crippen LogP contribution in [0, 0.1) is 0 Å². The lowest BCUT2D eigenvalue weighted by atomic mass is 9.96. The standard InChI is InChI=1S/C23H40O17/c1-5-9(25)11(27)14(30)21(35-5)38-17-6(2)36-22(15(31)12(17)28)39-18-7(3)37-23(16(32)13(18)29)40-19-10(26)8(24)4-34-20(19)33/h5-33H,4H2,1-3H3/t5-,6-,7-,8+,9-,10-,11+,12-,13-,14+,15+,16+,17-,18-,19+,20+,21-,22-,23-/m0/s1. The van der Waals surface area contributed by atoms with Gasteiger partial charge in [0, 0.05) is 0 Å². The number of hydrogen-bond donors (Lipinski definition) is 10. The molecule has 0 saturated carbocycles. The molecule has 0 amide bonds. The lowest BCUT2D eigenvalue weighted by molar-refractivity contribution is -0.381. The molecule has 10 N–H and O–H groups in total. The van der Waals surface area contributed by atoms with Gasteiger partial charge in [-0.15, -0.1) is 0 Å². The number of ether oxygens (including phenoxy) is 7. The third-order valence-corrected chi connectivity index (χ3v) is 7.69. The van der Waals surface area contributed by atoms with Gasteiger partial charge < -0.3 is 84.2 Å². The van der Waals surface area contributed by atoms with E-state index in [9.17, 15) is 51.1 Å². The van der Waals surface area contributed by atoms with Gasteiger partial charge in [-0.3, -0.25) is 0 Å². The Morgan fingerprint density at radius 1 is 0.450 bits per heavy atom. The Bertz CT molecular complexity index is 822. The van der Waals surface area contributed by atoms with E-state index >= 15 is 0 Å². The molecule has 0 radical (unpaired) electrons. The van der Waals surface area contributed by atoms with E-state index in [0.717, 1.165) is 0 Å². The second kappa shape index (κ2) is 12.9. The minimum absolute atomic E-state index is 0.344. The quantitative estimate of drug-likeness (QED) is 0.138. The predicted molar refractivity (Wildman–Crippen MR) is 124 cm³/mol. The van der Waals surface area contributed by atoms with Gasteiger partial charge in [0.25, 0.3) is 0 Å². The van der Waals surface area contributed by atoms with Gasteiger partial charge in [-0.05, 0) is 20.8 Å². The van der Waals surface area contributed by atoms with E-state index < -0.39 is 117 Å². The molecule has 4 aliphatic heterocycles. The molecule has 0 aromatic rings. The molecular formula is C23H40O17. The van der Waals surface area contributed by atoms with Gasteiger partial charge in [0.05, 0.1) is 24.9 Å². The van der Waals surface area contributed by atoms with Crippen LogP contribution in [0.1, 0.15) is 20.8 Å². The highest BCUT2D eigenvalue weighted by molar-refractivity contribution is 4.95. The van der Waals surface area contributed by atoms with E-state index in [-0.39, 0.29) is 6.61 Å². The maximum atomic E-state index is 10.8. The molecule has 40 heavy (non-hydrogen) atoms. The van der Waals surface area contributed by atoms with Crippen LogP contribution in [0.2, 0.25) is 0 Å². The SMILES string of the molecule is C[C@@H]1O[C@@H](O[C@@H]2[C@@H](O)[C@@H](O)[C@H](O[C@@H]3[C@@H](O)[C@@H](O)[C@H](O[C@@H]4[C@@H](O)[C@H](O)CO[C@H]4O)O[C@H]3C)O[C@H]2C)[C@H](O)[C@H](O)[C@H]1O. The largest absolute Gasteiger partial charge is 0.388 e. The van der Waals surface area contributed by atoms with Crippen molar-refractivity contribution in [3.05, 3.63) is 0 Å². The van der Waals surface area contributed by atoms with Crippen LogP contribution in [-0.2, 0) is 33.2 Å². The molecule has 0 bridgehead atoms. The van der Waals surface area contributed by atoms with Crippen molar-refractivity contribution in [2.45, 2.75) is 137 Å². The molecule has 0 aromatic carbocycles. The van der Waals surface area contributed by atoms with E-state index in [1.807, 2.05) is 0 Å². The molecule has 4 fully saturated rings. The summed E-state index contributed by atoms with van der Waals surface area (Å²) in [6.45, 7) is 4.01. The van der Waals surface area contributed by atoms with Crippen LogP contribution in [-0.4, -0.2) is 174 Å². The fraction of sp³-hybridized carbons (Fsp3) is 1.00. The molecule has 234 valence electrons. The smallest absolute Gasteiger partial charge is 0.187 e. The van der Waals surface area contributed by atoms with Gasteiger partial charge in [0.15, 0.2) is 25.2 Å². The third-order valence-electron chi connectivity index (χ3n) is 7.69. The average molecular weight is 589 g/mol. The summed E-state index contributed by atoms with van der Waals surface area (Å²) in [5.74, 6) is 0. The Balaban J connectivity index is 1.37. The molecule has 4 rings (SSSR count). The highest BCUT2D eigenvalue weighted by Crippen LogP contribution is 2.33. The van der Waals surface area contributed by atoms with E-state index in [1.54, 1.807) is 0 Å². The summed E-state index contributed by atoms with van der Waals surface area (Å²) in [7, 11) is 0. The summed E-state index contributed by atoms with van der Waals surface area (Å²) >= 11 is 0. The average Bonchev–Trinajstić information content (AvgIpc) is 2.91. The fourth-order valence-corrected chi connectivity index (χ4v) is 5.13. The van der Waals surface area contributed by atoms with Gasteiger partial charge in [0.2, 0.25) is 0 Å². The molecule has 19 atom stereocenters. The topological polar surface area (TPSA) is 267 Å². The monoisotopic (exact) mass is 588 g/mol. The van der Waals surface area contributed by atoms with E-state index in [1.165, 1.54) is 20.8 Å². The highest BCUT2D eigenvalue weighted by atomic mass is 16.8. The van der Waals surface area contributed by atoms with Crippen LogP contribution >= 0.6 is 0 Å². The van der Waals surface area contributed by atoms with E-state index in [2.05, 4.69) is 0 Å². The second-order valence-electron chi connectivity index (χ2n) is 10.6. The summed E-state index contributed by atoms with van der Waals surface area (Å²) in [6, 6.07) is 0. The Hall–Kier alpha value is -0.680. The van der Waals surface area contributed by atoms with Gasteiger partial charge in [-0.1, -0.05) is 0 Å². The molecule has 0 aliphatic carbocycles. The molecule has 4 heterocycles. The van der Waals surface area contributed by atoms with Gasteiger partial charge in [0.1, 0.15) is 73.2 Å². The first-order chi connectivity index (χ1) is 18.7. The predicted octanol–water partition coefficient (Wildman–Crippen LogP) is -6.03. The Morgan fingerprint density at radius 3 is 1.32 bits per heavy atom. The number of aliphatic hydroxyl groups is 10. The minimum Gasteiger partial charge on any atom is -0.388 e. The van der Waals surface area contributed by atoms with Gasteiger partial charge in [-0.2, -0.15) is 0 Å². The zero-order valence-electron chi connectivity index (χ0n) is 22.0. The number of hydrogen-bond acceptors (Lipinski definition) is 17. The van der Waals surface area contributed by atoms with Crippen molar-refractivity contribution in [2.24, 2.45) is 0 Å². The van der Waals surface area contributed by atoms with Crippen molar-refractivity contribution < 1.29 is 84.2 Å². The fourth-order valence-electron chi connectivity index (χ4n) is 5.13. The van der Waals surface area contributed by atoms with E-state index in [4.69, 9.17) is 33.2 Å². The highest BCUT2D eigenvalue weighted by Gasteiger charge is 2.53. The Labute approximate surface area is 228 Å². The first-order valence-corrected chi connectivity index (χ1v) is 13.1. The van der Waals surface area contributed by atoms with Crippen molar-refractivity contribution in [1.82, 2.24) is 0 Å². The summed E-state index contributed by atoms with van der Waals surface area (Å²) in [6.07, 6.45) is -27.7. The molecule has 0 spiro atoms. The van der Waals surface area contributed by atoms with Gasteiger partial charge in [-0.25, -0.2) is 0 Å². The van der Waals surface area contributed by atoms with Crippen LogP contribution in [0.15, 0.2) is 0 Å². The van der Waals surface area contributed by atoms with Crippen molar-refractivity contribution in [2.75, 3.05) is 6.61 Å². The number of aliphatic hydroxyl groups excluding tert-OH is 10. The molecule has 0 aromatic heterocycles. The van der Waals surface area contributed by atoms with E-state index in [0.29, 0.717) is 0 Å². The normalized spacial score (nSPS) is 56.2. The molecule has 0 unspecified atom stereocenters. The third kappa shape index (κ3) is 6.31.